The zero-order chi connectivity index (χ0) is 17.7. The van der Waals surface area contributed by atoms with Crippen LogP contribution in [0.5, 0.6) is 11.5 Å². The fourth-order valence-electron chi connectivity index (χ4n) is 5.34. The van der Waals surface area contributed by atoms with Crippen LogP contribution < -0.4 is 9.47 Å². The van der Waals surface area contributed by atoms with Crippen molar-refractivity contribution >= 4 is 6.09 Å². The molecule has 26 heavy (non-hydrogen) atoms. The van der Waals surface area contributed by atoms with Gasteiger partial charge in [0, 0.05) is 18.5 Å². The van der Waals surface area contributed by atoms with Crippen LogP contribution in [0, 0.1) is 5.92 Å². The molecule has 5 aliphatic rings. The number of ether oxygens (including phenoxy) is 3. The molecule has 140 valence electrons. The van der Waals surface area contributed by atoms with E-state index in [4.69, 9.17) is 14.2 Å². The summed E-state index contributed by atoms with van der Waals surface area (Å²) in [4.78, 5) is 17.3. The third kappa shape index (κ3) is 2.46. The highest BCUT2D eigenvalue weighted by molar-refractivity contribution is 5.69. The zero-order valence-electron chi connectivity index (χ0n) is 15.2. The second kappa shape index (κ2) is 6.34. The molecule has 5 aliphatic heterocycles. The predicted octanol–water partition coefficient (Wildman–Crippen LogP) is 2.82. The van der Waals surface area contributed by atoms with E-state index in [1.165, 1.54) is 18.4 Å². The van der Waals surface area contributed by atoms with Gasteiger partial charge in [-0.25, -0.2) is 4.79 Å². The maximum atomic E-state index is 12.7. The van der Waals surface area contributed by atoms with Crippen molar-refractivity contribution < 1.29 is 19.0 Å². The molecule has 1 amide bonds. The average molecular weight is 358 g/mol. The van der Waals surface area contributed by atoms with Gasteiger partial charge in [-0.05, 0) is 56.0 Å². The predicted molar refractivity (Wildman–Crippen MR) is 95.5 cm³/mol. The van der Waals surface area contributed by atoms with Crippen LogP contribution in [0.2, 0.25) is 0 Å². The van der Waals surface area contributed by atoms with Crippen LogP contribution in [-0.2, 0) is 4.74 Å². The topological polar surface area (TPSA) is 51.2 Å². The van der Waals surface area contributed by atoms with E-state index in [2.05, 4.69) is 17.0 Å². The van der Waals surface area contributed by atoms with Crippen LogP contribution in [0.3, 0.4) is 0 Å². The van der Waals surface area contributed by atoms with Gasteiger partial charge in [-0.3, -0.25) is 4.90 Å². The second-order valence-corrected chi connectivity index (χ2v) is 7.84. The molecule has 6 rings (SSSR count). The number of hydrogen-bond acceptors (Lipinski definition) is 5. The number of hydrogen-bond donors (Lipinski definition) is 0. The van der Waals surface area contributed by atoms with Gasteiger partial charge in [0.05, 0.1) is 12.6 Å². The van der Waals surface area contributed by atoms with Crippen molar-refractivity contribution in [2.75, 3.05) is 33.0 Å². The number of benzene rings is 1. The number of rotatable bonds is 3. The molecule has 0 aliphatic carbocycles. The number of amides is 1. The minimum Gasteiger partial charge on any atom is -0.454 e. The molecule has 1 aromatic rings. The monoisotopic (exact) mass is 358 g/mol. The van der Waals surface area contributed by atoms with Gasteiger partial charge in [-0.15, -0.1) is 0 Å². The summed E-state index contributed by atoms with van der Waals surface area (Å²) in [5.74, 6) is 2.53. The molecule has 0 spiro atoms. The molecule has 0 unspecified atom stereocenters. The molecular weight excluding hydrogens is 332 g/mol. The minimum absolute atomic E-state index is 0.140. The van der Waals surface area contributed by atoms with E-state index in [-0.39, 0.29) is 12.1 Å². The fourth-order valence-corrected chi connectivity index (χ4v) is 5.34. The van der Waals surface area contributed by atoms with Crippen molar-refractivity contribution in [1.29, 1.82) is 0 Å². The molecule has 4 fully saturated rings. The van der Waals surface area contributed by atoms with Gasteiger partial charge in [0.25, 0.3) is 0 Å². The number of likely N-dealkylation sites (tertiary alicyclic amines) is 1. The van der Waals surface area contributed by atoms with Crippen LogP contribution in [0.1, 0.15) is 37.7 Å². The summed E-state index contributed by atoms with van der Waals surface area (Å²) in [6, 6.07) is 6.91. The van der Waals surface area contributed by atoms with E-state index in [0.29, 0.717) is 31.3 Å². The van der Waals surface area contributed by atoms with Gasteiger partial charge in [0.2, 0.25) is 6.79 Å². The number of fused-ring (bicyclic) bond motifs is 3. The number of carbonyl (C=O) groups is 1. The molecule has 0 radical (unpaired) electrons. The van der Waals surface area contributed by atoms with Gasteiger partial charge in [0.15, 0.2) is 11.5 Å². The van der Waals surface area contributed by atoms with Crippen LogP contribution in [0.25, 0.3) is 0 Å². The van der Waals surface area contributed by atoms with Crippen LogP contribution in [0.4, 0.5) is 4.79 Å². The van der Waals surface area contributed by atoms with E-state index in [0.717, 1.165) is 37.6 Å². The first-order valence-electron chi connectivity index (χ1n) is 9.83. The summed E-state index contributed by atoms with van der Waals surface area (Å²) in [5.41, 5.74) is 1.24. The van der Waals surface area contributed by atoms with Crippen molar-refractivity contribution in [3.8, 4) is 11.5 Å². The summed E-state index contributed by atoms with van der Waals surface area (Å²) in [7, 11) is 0. The van der Waals surface area contributed by atoms with Crippen LogP contribution in [0.15, 0.2) is 18.2 Å². The molecule has 2 bridgehead atoms. The van der Waals surface area contributed by atoms with Crippen molar-refractivity contribution in [3.05, 3.63) is 23.8 Å². The van der Waals surface area contributed by atoms with Gasteiger partial charge in [-0.2, -0.15) is 0 Å². The molecule has 0 aromatic heterocycles. The lowest BCUT2D eigenvalue weighted by molar-refractivity contribution is -0.00743. The standard InChI is InChI=1S/C20H26N2O4/c1-2-9-24-20(23)22-11-15(14-3-4-16-17(10-14)26-12-25-16)19-18(22)13-5-7-21(19)8-6-13/h3-4,10,13,15,18-19H,2,5-9,11-12H2,1H3/t15-,18+,19+/m1/s1. The Morgan fingerprint density at radius 2 is 2.00 bits per heavy atom. The summed E-state index contributed by atoms with van der Waals surface area (Å²) >= 11 is 0. The highest BCUT2D eigenvalue weighted by Gasteiger charge is 2.55. The first kappa shape index (κ1) is 16.2. The highest BCUT2D eigenvalue weighted by atomic mass is 16.7. The van der Waals surface area contributed by atoms with E-state index < -0.39 is 0 Å². The second-order valence-electron chi connectivity index (χ2n) is 7.84. The lowest BCUT2D eigenvalue weighted by atomic mass is 9.75. The number of piperidine rings is 3. The SMILES string of the molecule is CCCOC(=O)N1C[C@H](c2ccc3c(c2)OCO3)[C@H]2[C@@H]1C1CCN2CC1. The first-order valence-corrected chi connectivity index (χ1v) is 9.83. The molecule has 0 N–H and O–H groups in total. The fraction of sp³-hybridized carbons (Fsp3) is 0.650. The van der Waals surface area contributed by atoms with Crippen molar-refractivity contribution in [2.24, 2.45) is 5.92 Å². The average Bonchev–Trinajstić information content (AvgIpc) is 3.32. The van der Waals surface area contributed by atoms with E-state index >= 15 is 0 Å². The zero-order valence-corrected chi connectivity index (χ0v) is 15.2. The molecule has 3 atom stereocenters. The molecule has 5 heterocycles. The Morgan fingerprint density at radius 3 is 2.81 bits per heavy atom. The largest absolute Gasteiger partial charge is 0.454 e. The summed E-state index contributed by atoms with van der Waals surface area (Å²) in [6.07, 6.45) is 3.09. The third-order valence-electron chi connectivity index (χ3n) is 6.48. The smallest absolute Gasteiger partial charge is 0.410 e. The minimum atomic E-state index is -0.140. The Morgan fingerprint density at radius 1 is 1.19 bits per heavy atom. The maximum Gasteiger partial charge on any atom is 0.410 e. The van der Waals surface area contributed by atoms with Crippen molar-refractivity contribution in [3.63, 3.8) is 0 Å². The molecule has 1 aromatic carbocycles. The number of carbonyl (C=O) groups excluding carboxylic acids is 1. The lowest BCUT2D eigenvalue weighted by Gasteiger charge is -2.50. The normalized spacial score (nSPS) is 34.0. The Kier molecular flexibility index (Phi) is 3.96. The summed E-state index contributed by atoms with van der Waals surface area (Å²) < 4.78 is 16.6. The third-order valence-corrected chi connectivity index (χ3v) is 6.48. The molecular formula is C20H26N2O4. The Hall–Kier alpha value is -1.95. The van der Waals surface area contributed by atoms with E-state index in [1.807, 2.05) is 17.9 Å². The Bertz CT molecular complexity index is 701. The summed E-state index contributed by atoms with van der Waals surface area (Å²) in [6.45, 7) is 5.83. The number of nitrogens with zero attached hydrogens (tertiary/aromatic N) is 2. The lowest BCUT2D eigenvalue weighted by Crippen LogP contribution is -2.60. The van der Waals surface area contributed by atoms with Crippen LogP contribution >= 0.6 is 0 Å². The maximum absolute atomic E-state index is 12.7. The van der Waals surface area contributed by atoms with Crippen molar-refractivity contribution in [2.45, 2.75) is 44.2 Å². The van der Waals surface area contributed by atoms with Gasteiger partial charge in [-0.1, -0.05) is 13.0 Å². The van der Waals surface area contributed by atoms with Crippen molar-refractivity contribution in [1.82, 2.24) is 9.80 Å². The summed E-state index contributed by atoms with van der Waals surface area (Å²) in [5, 5.41) is 0. The quantitative estimate of drug-likeness (QED) is 0.832. The van der Waals surface area contributed by atoms with Gasteiger partial charge < -0.3 is 19.1 Å². The first-order chi connectivity index (χ1) is 12.8. The van der Waals surface area contributed by atoms with Crippen LogP contribution in [-0.4, -0.2) is 61.0 Å². The molecule has 4 saturated heterocycles. The highest BCUT2D eigenvalue weighted by Crippen LogP contribution is 2.48. The van der Waals surface area contributed by atoms with Gasteiger partial charge in [0.1, 0.15) is 0 Å². The van der Waals surface area contributed by atoms with Gasteiger partial charge >= 0.3 is 6.09 Å². The molecule has 6 nitrogen and oxygen atoms in total. The Balaban J connectivity index is 1.47. The molecule has 0 saturated carbocycles. The van der Waals surface area contributed by atoms with E-state index in [1.54, 1.807) is 0 Å². The van der Waals surface area contributed by atoms with E-state index in [9.17, 15) is 4.79 Å². The molecule has 6 heteroatoms. The Labute approximate surface area is 154 Å².